The van der Waals surface area contributed by atoms with E-state index in [1.165, 1.54) is 36.4 Å². The number of sulfonamides is 1. The number of ether oxygens (including phenoxy) is 1. The molecule has 9 nitrogen and oxygen atoms in total. The fraction of sp³-hybridized carbons (Fsp3) is 0.350. The Labute approximate surface area is 182 Å². The van der Waals surface area contributed by atoms with Gasteiger partial charge < -0.3 is 9.84 Å². The summed E-state index contributed by atoms with van der Waals surface area (Å²) in [6, 6.07) is 8.98. The first-order valence-corrected chi connectivity index (χ1v) is 12.9. The quantitative estimate of drug-likeness (QED) is 0.507. The van der Waals surface area contributed by atoms with E-state index >= 15 is 0 Å². The standard InChI is InChI=1S/C20H26N2O7S2/c1-5-22(6-2)14(3)21-31(27,28)17-10-8-16(9-11-17)29-18-12-7-15(20(23)24)13-19(18)30(4,25)26/h7-14,21H,5-6H2,1-4H3,(H,23,24). The van der Waals surface area contributed by atoms with Crippen LogP contribution in [0.1, 0.15) is 31.1 Å². The predicted octanol–water partition coefficient (Wildman–Crippen LogP) is 2.55. The summed E-state index contributed by atoms with van der Waals surface area (Å²) in [5.41, 5.74) is -0.192. The van der Waals surface area contributed by atoms with Gasteiger partial charge in [-0.15, -0.1) is 0 Å². The van der Waals surface area contributed by atoms with Gasteiger partial charge in [-0.2, -0.15) is 4.72 Å². The van der Waals surface area contributed by atoms with Crippen molar-refractivity contribution in [3.05, 3.63) is 48.0 Å². The molecule has 1 unspecified atom stereocenters. The van der Waals surface area contributed by atoms with Gasteiger partial charge in [0.15, 0.2) is 9.84 Å². The average Bonchev–Trinajstić information content (AvgIpc) is 2.68. The van der Waals surface area contributed by atoms with Crippen LogP contribution in [0.5, 0.6) is 11.5 Å². The van der Waals surface area contributed by atoms with Crippen molar-refractivity contribution in [2.45, 2.75) is 36.7 Å². The minimum absolute atomic E-state index is 0.0309. The van der Waals surface area contributed by atoms with E-state index in [1.807, 2.05) is 18.7 Å². The number of nitrogens with one attached hydrogen (secondary N) is 1. The second kappa shape index (κ2) is 9.77. The van der Waals surface area contributed by atoms with Crippen molar-refractivity contribution >= 4 is 25.8 Å². The Morgan fingerprint density at radius 2 is 1.65 bits per heavy atom. The summed E-state index contributed by atoms with van der Waals surface area (Å²) in [7, 11) is -7.54. The SMILES string of the molecule is CCN(CC)C(C)NS(=O)(=O)c1ccc(Oc2ccc(C(=O)O)cc2S(C)(=O)=O)cc1. The molecule has 0 radical (unpaired) electrons. The van der Waals surface area contributed by atoms with Crippen molar-refractivity contribution in [1.82, 2.24) is 9.62 Å². The number of benzene rings is 2. The van der Waals surface area contributed by atoms with Gasteiger partial charge in [0, 0.05) is 6.26 Å². The molecule has 0 aliphatic heterocycles. The number of rotatable bonds is 10. The minimum atomic E-state index is -3.77. The molecule has 0 heterocycles. The lowest BCUT2D eigenvalue weighted by molar-refractivity contribution is 0.0696. The Bertz CT molecular complexity index is 1140. The molecule has 31 heavy (non-hydrogen) atoms. The first-order chi connectivity index (χ1) is 14.4. The third-order valence-corrected chi connectivity index (χ3v) is 7.30. The first-order valence-electron chi connectivity index (χ1n) is 9.50. The van der Waals surface area contributed by atoms with E-state index in [4.69, 9.17) is 9.84 Å². The summed E-state index contributed by atoms with van der Waals surface area (Å²) in [5, 5.41) is 9.09. The van der Waals surface area contributed by atoms with Crippen LogP contribution in [0.4, 0.5) is 0 Å². The first kappa shape index (κ1) is 24.8. The maximum Gasteiger partial charge on any atom is 0.335 e. The van der Waals surface area contributed by atoms with Gasteiger partial charge in [0.1, 0.15) is 16.4 Å². The second-order valence-corrected chi connectivity index (χ2v) is 10.5. The van der Waals surface area contributed by atoms with Crippen molar-refractivity contribution in [2.24, 2.45) is 0 Å². The summed E-state index contributed by atoms with van der Waals surface area (Å²) in [4.78, 5) is 12.8. The lowest BCUT2D eigenvalue weighted by atomic mass is 10.2. The van der Waals surface area contributed by atoms with E-state index in [9.17, 15) is 21.6 Å². The van der Waals surface area contributed by atoms with E-state index in [-0.39, 0.29) is 33.0 Å². The van der Waals surface area contributed by atoms with Crippen LogP contribution in [-0.2, 0) is 19.9 Å². The molecule has 2 rings (SSSR count). The van der Waals surface area contributed by atoms with E-state index in [1.54, 1.807) is 6.92 Å². The summed E-state index contributed by atoms with van der Waals surface area (Å²) in [5.74, 6) is -1.13. The lowest BCUT2D eigenvalue weighted by Gasteiger charge is -2.26. The maximum atomic E-state index is 12.6. The number of sulfone groups is 1. The zero-order chi connectivity index (χ0) is 23.4. The molecular weight excluding hydrogens is 444 g/mol. The predicted molar refractivity (Wildman–Crippen MR) is 116 cm³/mol. The van der Waals surface area contributed by atoms with Gasteiger partial charge in [-0.05, 0) is 62.5 Å². The highest BCUT2D eigenvalue weighted by molar-refractivity contribution is 7.90. The zero-order valence-electron chi connectivity index (χ0n) is 17.7. The molecule has 0 aromatic heterocycles. The van der Waals surface area contributed by atoms with Crippen molar-refractivity contribution in [2.75, 3.05) is 19.3 Å². The molecule has 0 fully saturated rings. The maximum absolute atomic E-state index is 12.6. The van der Waals surface area contributed by atoms with Gasteiger partial charge in [0.25, 0.3) is 0 Å². The van der Waals surface area contributed by atoms with Crippen LogP contribution in [0.3, 0.4) is 0 Å². The van der Waals surface area contributed by atoms with Gasteiger partial charge in [0.2, 0.25) is 10.0 Å². The molecule has 0 aliphatic carbocycles. The van der Waals surface area contributed by atoms with Crippen molar-refractivity contribution in [3.63, 3.8) is 0 Å². The monoisotopic (exact) mass is 470 g/mol. The number of hydrogen-bond acceptors (Lipinski definition) is 7. The number of aromatic carboxylic acids is 1. The van der Waals surface area contributed by atoms with Gasteiger partial charge in [0.05, 0.1) is 16.6 Å². The second-order valence-electron chi connectivity index (χ2n) is 6.83. The molecule has 0 aliphatic rings. The molecule has 0 amide bonds. The van der Waals surface area contributed by atoms with Gasteiger partial charge in [-0.25, -0.2) is 21.6 Å². The molecule has 0 saturated heterocycles. The lowest BCUT2D eigenvalue weighted by Crippen LogP contribution is -2.45. The van der Waals surface area contributed by atoms with Crippen LogP contribution >= 0.6 is 0 Å². The Kier molecular flexibility index (Phi) is 7.82. The molecule has 2 aromatic carbocycles. The molecule has 1 atom stereocenters. The highest BCUT2D eigenvalue weighted by Crippen LogP contribution is 2.30. The van der Waals surface area contributed by atoms with Gasteiger partial charge in [-0.3, -0.25) is 4.90 Å². The van der Waals surface area contributed by atoms with Gasteiger partial charge in [-0.1, -0.05) is 13.8 Å². The highest BCUT2D eigenvalue weighted by atomic mass is 32.2. The van der Waals surface area contributed by atoms with Crippen LogP contribution in [-0.4, -0.2) is 58.3 Å². The molecule has 0 spiro atoms. The Morgan fingerprint density at radius 1 is 1.06 bits per heavy atom. The number of carboxylic acid groups (broad SMARTS) is 1. The summed E-state index contributed by atoms with van der Waals surface area (Å²) >= 11 is 0. The zero-order valence-corrected chi connectivity index (χ0v) is 19.3. The van der Waals surface area contributed by atoms with Gasteiger partial charge >= 0.3 is 5.97 Å². The Balaban J connectivity index is 2.28. The Hall–Kier alpha value is -2.47. The van der Waals surface area contributed by atoms with E-state index in [0.717, 1.165) is 12.3 Å². The van der Waals surface area contributed by atoms with Crippen LogP contribution in [0.25, 0.3) is 0 Å². The van der Waals surface area contributed by atoms with Crippen LogP contribution in [0.15, 0.2) is 52.3 Å². The van der Waals surface area contributed by atoms with Crippen LogP contribution in [0.2, 0.25) is 0 Å². The largest absolute Gasteiger partial charge is 0.478 e. The average molecular weight is 471 g/mol. The van der Waals surface area contributed by atoms with Crippen LogP contribution in [0, 0.1) is 0 Å². The normalized spacial score (nSPS) is 13.2. The van der Waals surface area contributed by atoms with Crippen molar-refractivity contribution in [1.29, 1.82) is 0 Å². The molecule has 2 N–H and O–H groups in total. The highest BCUT2D eigenvalue weighted by Gasteiger charge is 2.21. The third-order valence-electron chi connectivity index (χ3n) is 4.64. The number of nitrogens with zero attached hydrogens (tertiary/aromatic N) is 1. The van der Waals surface area contributed by atoms with Crippen molar-refractivity contribution in [3.8, 4) is 11.5 Å². The summed E-state index contributed by atoms with van der Waals surface area (Å²) in [6.45, 7) is 7.02. The fourth-order valence-corrected chi connectivity index (χ4v) is 5.01. The topological polar surface area (TPSA) is 130 Å². The van der Waals surface area contributed by atoms with E-state index in [0.29, 0.717) is 13.1 Å². The molecule has 170 valence electrons. The van der Waals surface area contributed by atoms with Crippen LogP contribution < -0.4 is 9.46 Å². The molecule has 0 saturated carbocycles. The molecule has 0 bridgehead atoms. The molecular formula is C20H26N2O7S2. The number of carboxylic acids is 1. The molecule has 2 aromatic rings. The summed E-state index contributed by atoms with van der Waals surface area (Å²) < 4.78 is 57.5. The van der Waals surface area contributed by atoms with E-state index in [2.05, 4.69) is 4.72 Å². The smallest absolute Gasteiger partial charge is 0.335 e. The van der Waals surface area contributed by atoms with Crippen molar-refractivity contribution < 1.29 is 31.5 Å². The summed E-state index contributed by atoms with van der Waals surface area (Å²) in [6.07, 6.45) is 0.556. The fourth-order valence-electron chi connectivity index (χ4n) is 2.97. The molecule has 11 heteroatoms. The third kappa shape index (κ3) is 6.26. The number of hydrogen-bond donors (Lipinski definition) is 2. The number of carbonyl (C=O) groups is 1. The Morgan fingerprint density at radius 3 is 2.13 bits per heavy atom. The minimum Gasteiger partial charge on any atom is -0.478 e. The van der Waals surface area contributed by atoms with E-state index < -0.39 is 25.8 Å².